The summed E-state index contributed by atoms with van der Waals surface area (Å²) in [5.74, 6) is 1.49. The van der Waals surface area contributed by atoms with E-state index in [4.69, 9.17) is 0 Å². The van der Waals surface area contributed by atoms with Crippen molar-refractivity contribution in [3.05, 3.63) is 23.3 Å². The molecule has 0 aromatic carbocycles. The standard InChI is InChI=1S/C14H21N3O/c1-9(2)11-8-12(14(18)15-3)17-13(16-11)10-6-4-5-7-10/h8-10H,4-7H2,1-3H3,(H,15,18). The molecule has 2 rings (SSSR count). The number of amides is 1. The minimum atomic E-state index is -0.126. The predicted molar refractivity (Wildman–Crippen MR) is 70.7 cm³/mol. The van der Waals surface area contributed by atoms with Crippen molar-refractivity contribution in [3.63, 3.8) is 0 Å². The molecule has 0 aliphatic heterocycles. The van der Waals surface area contributed by atoms with Gasteiger partial charge >= 0.3 is 0 Å². The molecule has 1 fully saturated rings. The number of nitrogens with one attached hydrogen (secondary N) is 1. The molecule has 1 aromatic heterocycles. The van der Waals surface area contributed by atoms with Crippen LogP contribution in [0.4, 0.5) is 0 Å². The van der Waals surface area contributed by atoms with E-state index >= 15 is 0 Å². The van der Waals surface area contributed by atoms with E-state index in [1.165, 1.54) is 12.8 Å². The van der Waals surface area contributed by atoms with Gasteiger partial charge in [-0.15, -0.1) is 0 Å². The molecule has 4 nitrogen and oxygen atoms in total. The molecular formula is C14H21N3O. The van der Waals surface area contributed by atoms with Crippen LogP contribution in [0.3, 0.4) is 0 Å². The van der Waals surface area contributed by atoms with Gasteiger partial charge in [-0.1, -0.05) is 26.7 Å². The van der Waals surface area contributed by atoms with E-state index in [1.54, 1.807) is 7.05 Å². The van der Waals surface area contributed by atoms with Crippen LogP contribution in [0.5, 0.6) is 0 Å². The second-order valence-corrected chi connectivity index (χ2v) is 5.25. The van der Waals surface area contributed by atoms with Crippen molar-refractivity contribution in [2.45, 2.75) is 51.4 Å². The fourth-order valence-corrected chi connectivity index (χ4v) is 2.39. The number of aromatic nitrogens is 2. The van der Waals surface area contributed by atoms with Gasteiger partial charge in [0.25, 0.3) is 5.91 Å². The van der Waals surface area contributed by atoms with Gasteiger partial charge in [-0.05, 0) is 24.8 Å². The Balaban J connectivity index is 2.38. The van der Waals surface area contributed by atoms with Crippen LogP contribution in [0.2, 0.25) is 0 Å². The quantitative estimate of drug-likeness (QED) is 0.893. The third-order valence-electron chi connectivity index (χ3n) is 3.53. The number of hydrogen-bond acceptors (Lipinski definition) is 3. The summed E-state index contributed by atoms with van der Waals surface area (Å²) in [6, 6.07) is 1.81. The second-order valence-electron chi connectivity index (χ2n) is 5.25. The summed E-state index contributed by atoms with van der Waals surface area (Å²) in [6.07, 6.45) is 4.79. The van der Waals surface area contributed by atoms with E-state index in [1.807, 2.05) is 6.07 Å². The normalized spacial score (nSPS) is 16.2. The highest BCUT2D eigenvalue weighted by Crippen LogP contribution is 2.32. The molecule has 98 valence electrons. The van der Waals surface area contributed by atoms with Gasteiger partial charge in [0.15, 0.2) is 0 Å². The van der Waals surface area contributed by atoms with Crippen LogP contribution >= 0.6 is 0 Å². The van der Waals surface area contributed by atoms with Crippen LogP contribution < -0.4 is 5.32 Å². The number of nitrogens with zero attached hydrogens (tertiary/aromatic N) is 2. The van der Waals surface area contributed by atoms with Crippen LogP contribution in [0.1, 0.15) is 73.4 Å². The van der Waals surface area contributed by atoms with E-state index in [0.29, 0.717) is 17.5 Å². The van der Waals surface area contributed by atoms with E-state index in [9.17, 15) is 4.79 Å². The van der Waals surface area contributed by atoms with Gasteiger partial charge in [0.05, 0.1) is 0 Å². The van der Waals surface area contributed by atoms with Crippen LogP contribution in [0.15, 0.2) is 6.07 Å². The number of hydrogen-bond donors (Lipinski definition) is 1. The number of carbonyl (C=O) groups excluding carboxylic acids is 1. The van der Waals surface area contributed by atoms with E-state index in [-0.39, 0.29) is 5.91 Å². The first-order valence-electron chi connectivity index (χ1n) is 6.72. The lowest BCUT2D eigenvalue weighted by molar-refractivity contribution is 0.0957. The highest BCUT2D eigenvalue weighted by molar-refractivity contribution is 5.92. The minimum Gasteiger partial charge on any atom is -0.354 e. The highest BCUT2D eigenvalue weighted by Gasteiger charge is 2.22. The number of rotatable bonds is 3. The van der Waals surface area contributed by atoms with Crippen LogP contribution in [0, 0.1) is 0 Å². The van der Waals surface area contributed by atoms with Gasteiger partial charge in [-0.25, -0.2) is 9.97 Å². The van der Waals surface area contributed by atoms with Gasteiger partial charge in [0.1, 0.15) is 11.5 Å². The van der Waals surface area contributed by atoms with Crippen molar-refractivity contribution < 1.29 is 4.79 Å². The Kier molecular flexibility index (Phi) is 3.94. The van der Waals surface area contributed by atoms with Gasteiger partial charge in [0, 0.05) is 18.7 Å². The first-order valence-corrected chi connectivity index (χ1v) is 6.72. The molecule has 0 atom stereocenters. The minimum absolute atomic E-state index is 0.126. The maximum absolute atomic E-state index is 11.8. The van der Waals surface area contributed by atoms with E-state index in [0.717, 1.165) is 24.4 Å². The average Bonchev–Trinajstić information content (AvgIpc) is 2.91. The third-order valence-corrected chi connectivity index (χ3v) is 3.53. The Morgan fingerprint density at radius 1 is 1.33 bits per heavy atom. The summed E-state index contributed by atoms with van der Waals surface area (Å²) in [5, 5.41) is 2.64. The molecule has 1 saturated carbocycles. The highest BCUT2D eigenvalue weighted by atomic mass is 16.1. The molecule has 0 unspecified atom stereocenters. The molecule has 0 radical (unpaired) electrons. The Morgan fingerprint density at radius 3 is 2.56 bits per heavy atom. The Hall–Kier alpha value is -1.45. The van der Waals surface area contributed by atoms with Crippen molar-refractivity contribution in [1.29, 1.82) is 0 Å². The zero-order valence-corrected chi connectivity index (χ0v) is 11.4. The molecule has 1 aromatic rings. The molecule has 1 amide bonds. The van der Waals surface area contributed by atoms with Crippen molar-refractivity contribution in [2.24, 2.45) is 0 Å². The van der Waals surface area contributed by atoms with Crippen LogP contribution in [-0.4, -0.2) is 22.9 Å². The van der Waals surface area contributed by atoms with Crippen LogP contribution in [0.25, 0.3) is 0 Å². The number of carbonyl (C=O) groups is 1. The first-order chi connectivity index (χ1) is 8.61. The average molecular weight is 247 g/mol. The SMILES string of the molecule is CNC(=O)c1cc(C(C)C)nc(C2CCCC2)n1. The molecule has 0 spiro atoms. The van der Waals surface area contributed by atoms with Crippen LogP contribution in [-0.2, 0) is 0 Å². The maximum atomic E-state index is 11.8. The van der Waals surface area contributed by atoms with Gasteiger partial charge in [-0.3, -0.25) is 4.79 Å². The first kappa shape index (κ1) is 13.0. The lowest BCUT2D eigenvalue weighted by atomic mass is 10.0. The molecule has 1 N–H and O–H groups in total. The Morgan fingerprint density at radius 2 is 2.00 bits per heavy atom. The maximum Gasteiger partial charge on any atom is 0.269 e. The lowest BCUT2D eigenvalue weighted by Gasteiger charge is -2.13. The van der Waals surface area contributed by atoms with Crippen molar-refractivity contribution in [1.82, 2.24) is 15.3 Å². The third kappa shape index (κ3) is 2.68. The summed E-state index contributed by atoms with van der Waals surface area (Å²) in [5.41, 5.74) is 1.46. The zero-order valence-electron chi connectivity index (χ0n) is 11.4. The predicted octanol–water partition coefficient (Wildman–Crippen LogP) is 2.62. The van der Waals surface area contributed by atoms with Crippen molar-refractivity contribution >= 4 is 5.91 Å². The van der Waals surface area contributed by atoms with E-state index in [2.05, 4.69) is 29.1 Å². The van der Waals surface area contributed by atoms with Gasteiger partial charge in [-0.2, -0.15) is 0 Å². The fourth-order valence-electron chi connectivity index (χ4n) is 2.39. The largest absolute Gasteiger partial charge is 0.354 e. The molecule has 18 heavy (non-hydrogen) atoms. The second kappa shape index (κ2) is 5.46. The smallest absolute Gasteiger partial charge is 0.269 e. The van der Waals surface area contributed by atoms with Crippen molar-refractivity contribution in [3.8, 4) is 0 Å². The summed E-state index contributed by atoms with van der Waals surface area (Å²) >= 11 is 0. The summed E-state index contributed by atoms with van der Waals surface area (Å²) in [4.78, 5) is 20.8. The van der Waals surface area contributed by atoms with Crippen molar-refractivity contribution in [2.75, 3.05) is 7.05 Å². The van der Waals surface area contributed by atoms with E-state index < -0.39 is 0 Å². The summed E-state index contributed by atoms with van der Waals surface area (Å²) in [7, 11) is 1.63. The lowest BCUT2D eigenvalue weighted by Crippen LogP contribution is -2.21. The molecular weight excluding hydrogens is 226 g/mol. The van der Waals surface area contributed by atoms with Gasteiger partial charge < -0.3 is 5.32 Å². The fraction of sp³-hybridized carbons (Fsp3) is 0.643. The molecule has 4 heteroatoms. The monoisotopic (exact) mass is 247 g/mol. The molecule has 1 aliphatic carbocycles. The Labute approximate surface area is 108 Å². The molecule has 0 saturated heterocycles. The topological polar surface area (TPSA) is 54.9 Å². The van der Waals surface area contributed by atoms with Gasteiger partial charge in [0.2, 0.25) is 0 Å². The Bertz CT molecular complexity index is 437. The molecule has 1 aliphatic rings. The molecule has 0 bridgehead atoms. The zero-order chi connectivity index (χ0) is 13.1. The summed E-state index contributed by atoms with van der Waals surface area (Å²) < 4.78 is 0. The molecule has 1 heterocycles. The summed E-state index contributed by atoms with van der Waals surface area (Å²) in [6.45, 7) is 4.18.